The van der Waals surface area contributed by atoms with Gasteiger partial charge in [0.2, 0.25) is 0 Å². The van der Waals surface area contributed by atoms with Crippen molar-refractivity contribution in [3.63, 3.8) is 0 Å². The molecule has 28 heavy (non-hydrogen) atoms. The highest BCUT2D eigenvalue weighted by Gasteiger charge is 2.27. The second-order valence-corrected chi connectivity index (χ2v) is 8.94. The van der Waals surface area contributed by atoms with Crippen LogP contribution in [0.5, 0.6) is 0 Å². The summed E-state index contributed by atoms with van der Waals surface area (Å²) < 4.78 is 6.37. The number of morpholine rings is 1. The van der Waals surface area contributed by atoms with Gasteiger partial charge in [0.1, 0.15) is 17.8 Å². The number of fused-ring (bicyclic) bond motifs is 3. The number of nitrogens with zero attached hydrogens (tertiary/aromatic N) is 3. The molecule has 0 bridgehead atoms. The molecule has 1 saturated carbocycles. The molecule has 0 amide bonds. The number of aromatic amines is 1. The minimum atomic E-state index is 0.441. The van der Waals surface area contributed by atoms with E-state index in [1.54, 1.807) is 6.33 Å². The Morgan fingerprint density at radius 3 is 2.71 bits per heavy atom. The molecule has 1 saturated heterocycles. The third kappa shape index (κ3) is 3.49. The first kappa shape index (κ1) is 18.6. The van der Waals surface area contributed by atoms with E-state index in [9.17, 15) is 0 Å². The quantitative estimate of drug-likeness (QED) is 0.594. The molecule has 148 valence electrons. The first-order valence-corrected chi connectivity index (χ1v) is 11.1. The zero-order valence-electron chi connectivity index (χ0n) is 15.5. The van der Waals surface area contributed by atoms with Crippen molar-refractivity contribution in [2.24, 2.45) is 0 Å². The molecule has 0 unspecified atom stereocenters. The second-order valence-electron chi connectivity index (χ2n) is 7.68. The van der Waals surface area contributed by atoms with E-state index in [-0.39, 0.29) is 0 Å². The van der Waals surface area contributed by atoms with Crippen LogP contribution < -0.4 is 5.32 Å². The zero-order valence-corrected chi connectivity index (χ0v) is 17.9. The number of anilines is 1. The molecular weight excluding hydrogens is 442 g/mol. The van der Waals surface area contributed by atoms with Crippen molar-refractivity contribution in [1.82, 2.24) is 19.9 Å². The standard InChI is InChI=1S/C20H23BrClN5O/c21-15-9-14-17(10-16(15)22)26-20-18(14)19(23-11-24-20)25-12-1-3-13(4-2-12)27-5-7-28-8-6-27/h9-13H,1-8H2,(H2,23,24,25,26)/t12-,13-. The van der Waals surface area contributed by atoms with Gasteiger partial charge in [-0.15, -0.1) is 0 Å². The van der Waals surface area contributed by atoms with Crippen LogP contribution in [0.1, 0.15) is 25.7 Å². The summed E-state index contributed by atoms with van der Waals surface area (Å²) in [6.45, 7) is 3.89. The summed E-state index contributed by atoms with van der Waals surface area (Å²) >= 11 is 9.79. The van der Waals surface area contributed by atoms with Crippen LogP contribution in [-0.2, 0) is 4.74 Å². The highest BCUT2D eigenvalue weighted by Crippen LogP contribution is 2.35. The number of aromatic nitrogens is 3. The topological polar surface area (TPSA) is 66.1 Å². The second kappa shape index (κ2) is 7.78. The highest BCUT2D eigenvalue weighted by molar-refractivity contribution is 9.10. The van der Waals surface area contributed by atoms with Gasteiger partial charge in [0.05, 0.1) is 23.6 Å². The Hall–Kier alpha value is -1.41. The minimum absolute atomic E-state index is 0.441. The molecule has 2 fully saturated rings. The van der Waals surface area contributed by atoms with Crippen LogP contribution in [0.4, 0.5) is 5.82 Å². The van der Waals surface area contributed by atoms with E-state index in [2.05, 4.69) is 41.1 Å². The lowest BCUT2D eigenvalue weighted by Crippen LogP contribution is -2.46. The number of hydrogen-bond acceptors (Lipinski definition) is 5. The number of rotatable bonds is 3. The molecule has 0 spiro atoms. The largest absolute Gasteiger partial charge is 0.379 e. The van der Waals surface area contributed by atoms with E-state index in [1.165, 1.54) is 12.8 Å². The summed E-state index contributed by atoms with van der Waals surface area (Å²) in [6.07, 6.45) is 6.38. The van der Waals surface area contributed by atoms with Gasteiger partial charge in [0, 0.05) is 40.5 Å². The third-order valence-corrected chi connectivity index (χ3v) is 7.23. The number of hydrogen-bond donors (Lipinski definition) is 2. The lowest BCUT2D eigenvalue weighted by molar-refractivity contribution is 0.00791. The molecule has 8 heteroatoms. The fourth-order valence-electron chi connectivity index (χ4n) is 4.55. The van der Waals surface area contributed by atoms with Crippen molar-refractivity contribution in [3.8, 4) is 0 Å². The van der Waals surface area contributed by atoms with Gasteiger partial charge in [-0.3, -0.25) is 4.90 Å². The van der Waals surface area contributed by atoms with Crippen LogP contribution in [0.15, 0.2) is 22.9 Å². The Morgan fingerprint density at radius 1 is 1.14 bits per heavy atom. The zero-order chi connectivity index (χ0) is 19.1. The maximum atomic E-state index is 6.26. The van der Waals surface area contributed by atoms with Gasteiger partial charge in [-0.2, -0.15) is 0 Å². The molecule has 5 rings (SSSR count). The normalized spacial score (nSPS) is 24.1. The summed E-state index contributed by atoms with van der Waals surface area (Å²) in [4.78, 5) is 14.9. The molecule has 6 nitrogen and oxygen atoms in total. The summed E-state index contributed by atoms with van der Waals surface area (Å²) in [7, 11) is 0. The number of ether oxygens (including phenoxy) is 1. The van der Waals surface area contributed by atoms with Crippen molar-refractivity contribution in [2.45, 2.75) is 37.8 Å². The number of halogens is 2. The summed E-state index contributed by atoms with van der Waals surface area (Å²) in [5, 5.41) is 6.49. The van der Waals surface area contributed by atoms with E-state index >= 15 is 0 Å². The molecule has 0 atom stereocenters. The fraction of sp³-hybridized carbons (Fsp3) is 0.500. The van der Waals surface area contributed by atoms with Gasteiger partial charge in [0.25, 0.3) is 0 Å². The molecule has 3 aromatic rings. The van der Waals surface area contributed by atoms with E-state index < -0.39 is 0 Å². The highest BCUT2D eigenvalue weighted by atomic mass is 79.9. The average molecular weight is 465 g/mol. The number of nitrogens with one attached hydrogen (secondary N) is 2. The average Bonchev–Trinajstić information content (AvgIpc) is 3.08. The molecule has 0 radical (unpaired) electrons. The molecule has 3 heterocycles. The lowest BCUT2D eigenvalue weighted by atomic mass is 9.90. The summed E-state index contributed by atoms with van der Waals surface area (Å²) in [5.74, 6) is 0.903. The van der Waals surface area contributed by atoms with E-state index in [0.29, 0.717) is 17.1 Å². The van der Waals surface area contributed by atoms with E-state index in [4.69, 9.17) is 16.3 Å². The van der Waals surface area contributed by atoms with Gasteiger partial charge < -0.3 is 15.0 Å². The smallest absolute Gasteiger partial charge is 0.143 e. The molecule has 1 aliphatic heterocycles. The van der Waals surface area contributed by atoms with Crippen LogP contribution >= 0.6 is 27.5 Å². The number of benzene rings is 1. The molecule has 2 N–H and O–H groups in total. The SMILES string of the molecule is Clc1cc2[nH]c3ncnc(N[C@H]4CC[C@H](N5CCOCC5)CC4)c3c2cc1Br. The summed E-state index contributed by atoms with van der Waals surface area (Å²) in [5.41, 5.74) is 1.81. The maximum absolute atomic E-state index is 6.26. The van der Waals surface area contributed by atoms with Gasteiger partial charge in [0.15, 0.2) is 0 Å². The molecule has 1 aliphatic carbocycles. The maximum Gasteiger partial charge on any atom is 0.143 e. The molecule has 2 aromatic heterocycles. The van der Waals surface area contributed by atoms with Crippen molar-refractivity contribution < 1.29 is 4.74 Å². The number of H-pyrrole nitrogens is 1. The van der Waals surface area contributed by atoms with Crippen LogP contribution in [0.25, 0.3) is 21.9 Å². The Labute approximate surface area is 177 Å². The van der Waals surface area contributed by atoms with E-state index in [0.717, 1.165) is 71.4 Å². The van der Waals surface area contributed by atoms with Gasteiger partial charge in [-0.25, -0.2) is 9.97 Å². The van der Waals surface area contributed by atoms with Crippen molar-refractivity contribution >= 4 is 55.3 Å². The Kier molecular flexibility index (Phi) is 5.17. The molecule has 1 aromatic carbocycles. The van der Waals surface area contributed by atoms with Crippen molar-refractivity contribution in [2.75, 3.05) is 31.6 Å². The van der Waals surface area contributed by atoms with Crippen LogP contribution in [0.2, 0.25) is 5.02 Å². The Morgan fingerprint density at radius 2 is 1.93 bits per heavy atom. The fourth-order valence-corrected chi connectivity index (χ4v) is 5.06. The monoisotopic (exact) mass is 463 g/mol. The van der Waals surface area contributed by atoms with Gasteiger partial charge >= 0.3 is 0 Å². The van der Waals surface area contributed by atoms with Crippen molar-refractivity contribution in [1.29, 1.82) is 0 Å². The van der Waals surface area contributed by atoms with E-state index in [1.807, 2.05) is 12.1 Å². The predicted molar refractivity (Wildman–Crippen MR) is 116 cm³/mol. The van der Waals surface area contributed by atoms with Crippen molar-refractivity contribution in [3.05, 3.63) is 28.0 Å². The Bertz CT molecular complexity index is 995. The lowest BCUT2D eigenvalue weighted by Gasteiger charge is -2.39. The first-order chi connectivity index (χ1) is 13.7. The first-order valence-electron chi connectivity index (χ1n) is 9.89. The summed E-state index contributed by atoms with van der Waals surface area (Å²) in [6, 6.07) is 5.11. The third-order valence-electron chi connectivity index (χ3n) is 6.03. The molecular formula is C20H23BrClN5O. The van der Waals surface area contributed by atoms with Gasteiger partial charge in [-0.1, -0.05) is 11.6 Å². The minimum Gasteiger partial charge on any atom is -0.379 e. The molecule has 2 aliphatic rings. The Balaban J connectivity index is 1.36. The van der Waals surface area contributed by atoms with Crippen LogP contribution in [0.3, 0.4) is 0 Å². The predicted octanol–water partition coefficient (Wildman–Crippen LogP) is 4.58. The van der Waals surface area contributed by atoms with Gasteiger partial charge in [-0.05, 0) is 53.7 Å². The van der Waals surface area contributed by atoms with Crippen LogP contribution in [0, 0.1) is 0 Å². The van der Waals surface area contributed by atoms with Crippen LogP contribution in [-0.4, -0.2) is 58.2 Å².